The maximum atomic E-state index is 13.2. The summed E-state index contributed by atoms with van der Waals surface area (Å²) in [4.78, 5) is -0.293. The van der Waals surface area contributed by atoms with E-state index in [1.807, 2.05) is 10.9 Å². The van der Waals surface area contributed by atoms with Crippen LogP contribution in [-0.4, -0.2) is 24.7 Å². The van der Waals surface area contributed by atoms with Gasteiger partial charge >= 0.3 is 0 Å². The van der Waals surface area contributed by atoms with Crippen molar-refractivity contribution in [1.82, 2.24) is 14.5 Å². The molecule has 3 rings (SSSR count). The van der Waals surface area contributed by atoms with Gasteiger partial charge in [0.25, 0.3) is 0 Å². The fourth-order valence-corrected chi connectivity index (χ4v) is 3.79. The quantitative estimate of drug-likeness (QED) is 0.905. The highest BCUT2D eigenvalue weighted by atomic mass is 32.2. The molecule has 1 aromatic heterocycles. The second kappa shape index (κ2) is 6.37. The third kappa shape index (κ3) is 3.42. The lowest BCUT2D eigenvalue weighted by Crippen LogP contribution is -2.28. The number of nitrogens with zero attached hydrogens (tertiary/aromatic N) is 2. The molecule has 0 unspecified atom stereocenters. The van der Waals surface area contributed by atoms with E-state index < -0.39 is 21.7 Å². The smallest absolute Gasteiger partial charge is 0.240 e. The Labute approximate surface area is 133 Å². The number of nitrogens with one attached hydrogen (secondary N) is 1. The van der Waals surface area contributed by atoms with Crippen molar-refractivity contribution in [2.24, 2.45) is 0 Å². The van der Waals surface area contributed by atoms with Gasteiger partial charge in [0.15, 0.2) is 11.6 Å². The largest absolute Gasteiger partial charge is 0.268 e. The van der Waals surface area contributed by atoms with Crippen molar-refractivity contribution in [2.45, 2.75) is 37.1 Å². The molecule has 1 aliphatic carbocycles. The molecule has 0 spiro atoms. The fourth-order valence-electron chi connectivity index (χ4n) is 2.76. The van der Waals surface area contributed by atoms with Crippen molar-refractivity contribution in [3.05, 3.63) is 47.3 Å². The van der Waals surface area contributed by atoms with Gasteiger partial charge < -0.3 is 0 Å². The molecule has 1 aromatic carbocycles. The van der Waals surface area contributed by atoms with Crippen molar-refractivity contribution in [3.8, 4) is 0 Å². The third-order valence-corrected chi connectivity index (χ3v) is 5.42. The highest BCUT2D eigenvalue weighted by Crippen LogP contribution is 2.20. The lowest BCUT2D eigenvalue weighted by Gasteiger charge is -2.14. The van der Waals surface area contributed by atoms with Crippen LogP contribution in [0, 0.1) is 11.6 Å². The van der Waals surface area contributed by atoms with Crippen LogP contribution in [0.3, 0.4) is 0 Å². The van der Waals surface area contributed by atoms with Crippen molar-refractivity contribution in [3.63, 3.8) is 0 Å². The summed E-state index contributed by atoms with van der Waals surface area (Å²) in [6.45, 7) is 0.535. The maximum Gasteiger partial charge on any atom is 0.240 e. The van der Waals surface area contributed by atoms with Crippen LogP contribution in [0.4, 0.5) is 8.78 Å². The maximum absolute atomic E-state index is 13.2. The normalized spacial score (nSPS) is 14.7. The molecule has 0 bridgehead atoms. The molecule has 1 aliphatic rings. The highest BCUT2D eigenvalue weighted by Gasteiger charge is 2.18. The lowest BCUT2D eigenvalue weighted by atomic mass is 9.98. The van der Waals surface area contributed by atoms with Crippen LogP contribution in [0.1, 0.15) is 24.1 Å². The predicted octanol–water partition coefficient (Wildman–Crippen LogP) is 2.02. The second-order valence-corrected chi connectivity index (χ2v) is 7.29. The van der Waals surface area contributed by atoms with E-state index >= 15 is 0 Å². The number of aromatic nitrogens is 2. The summed E-state index contributed by atoms with van der Waals surface area (Å²) in [6.07, 6.45) is 6.06. The summed E-state index contributed by atoms with van der Waals surface area (Å²) in [5, 5.41) is 4.29. The molecule has 0 radical (unpaired) electrons. The minimum Gasteiger partial charge on any atom is -0.268 e. The first kappa shape index (κ1) is 16.1. The van der Waals surface area contributed by atoms with Crippen LogP contribution in [0.15, 0.2) is 29.3 Å². The first-order chi connectivity index (χ1) is 11.0. The van der Waals surface area contributed by atoms with Crippen LogP contribution < -0.4 is 4.72 Å². The third-order valence-electron chi connectivity index (χ3n) is 3.96. The van der Waals surface area contributed by atoms with Crippen molar-refractivity contribution in [1.29, 1.82) is 0 Å². The van der Waals surface area contributed by atoms with Crippen LogP contribution >= 0.6 is 0 Å². The SMILES string of the molecule is O=S(=O)(NCCn1ncc2c1CCCC2)c1ccc(F)c(F)c1. The summed E-state index contributed by atoms with van der Waals surface area (Å²) in [5.41, 5.74) is 2.38. The van der Waals surface area contributed by atoms with E-state index in [1.54, 1.807) is 0 Å². The number of halogens is 2. The molecular formula is C15H17F2N3O2S. The van der Waals surface area contributed by atoms with Gasteiger partial charge in [-0.1, -0.05) is 0 Å². The first-order valence-electron chi connectivity index (χ1n) is 7.45. The first-order valence-corrected chi connectivity index (χ1v) is 8.94. The van der Waals surface area contributed by atoms with Gasteiger partial charge in [0.05, 0.1) is 17.6 Å². The summed E-state index contributed by atoms with van der Waals surface area (Å²) in [5.74, 6) is -2.26. The average molecular weight is 341 g/mol. The van der Waals surface area contributed by atoms with Crippen LogP contribution in [0.5, 0.6) is 0 Å². The molecule has 0 saturated carbocycles. The highest BCUT2D eigenvalue weighted by molar-refractivity contribution is 7.89. The van der Waals surface area contributed by atoms with E-state index in [9.17, 15) is 17.2 Å². The number of rotatable bonds is 5. The average Bonchev–Trinajstić information content (AvgIpc) is 2.93. The molecule has 0 aliphatic heterocycles. The van der Waals surface area contributed by atoms with Crippen LogP contribution in [0.2, 0.25) is 0 Å². The topological polar surface area (TPSA) is 64.0 Å². The number of sulfonamides is 1. The van der Waals surface area contributed by atoms with Gasteiger partial charge in [0.1, 0.15) is 0 Å². The van der Waals surface area contributed by atoms with E-state index in [-0.39, 0.29) is 11.4 Å². The zero-order chi connectivity index (χ0) is 16.4. The van der Waals surface area contributed by atoms with E-state index in [0.29, 0.717) is 12.6 Å². The van der Waals surface area contributed by atoms with Gasteiger partial charge in [0, 0.05) is 12.2 Å². The zero-order valence-electron chi connectivity index (χ0n) is 12.4. The van der Waals surface area contributed by atoms with Gasteiger partial charge in [-0.05, 0) is 49.4 Å². The van der Waals surface area contributed by atoms with E-state index in [4.69, 9.17) is 0 Å². The Hall–Kier alpha value is -1.80. The minimum atomic E-state index is -3.87. The monoisotopic (exact) mass is 341 g/mol. The van der Waals surface area contributed by atoms with E-state index in [2.05, 4.69) is 9.82 Å². The standard InChI is InChI=1S/C15H17F2N3O2S/c16-13-6-5-12(9-14(13)17)23(21,22)19-7-8-20-15-4-2-1-3-11(15)10-18-20/h5-6,9-10,19H,1-4,7-8H2. The molecule has 124 valence electrons. The van der Waals surface area contributed by atoms with Crippen molar-refractivity contribution in [2.75, 3.05) is 6.54 Å². The Bertz CT molecular complexity index is 818. The Balaban J connectivity index is 1.65. The molecule has 0 amide bonds. The lowest BCUT2D eigenvalue weighted by molar-refractivity contribution is 0.503. The summed E-state index contributed by atoms with van der Waals surface area (Å²) in [6, 6.07) is 2.51. The zero-order valence-corrected chi connectivity index (χ0v) is 13.2. The van der Waals surface area contributed by atoms with E-state index in [0.717, 1.165) is 43.5 Å². The summed E-state index contributed by atoms with van der Waals surface area (Å²) in [7, 11) is -3.87. The Morgan fingerprint density at radius 3 is 2.74 bits per heavy atom. The Morgan fingerprint density at radius 1 is 1.17 bits per heavy atom. The van der Waals surface area contributed by atoms with Crippen molar-refractivity contribution < 1.29 is 17.2 Å². The fraction of sp³-hybridized carbons (Fsp3) is 0.400. The minimum absolute atomic E-state index is 0.134. The van der Waals surface area contributed by atoms with Crippen LogP contribution in [0.25, 0.3) is 0 Å². The molecule has 0 saturated heterocycles. The molecule has 1 N–H and O–H groups in total. The van der Waals surface area contributed by atoms with Gasteiger partial charge in [-0.2, -0.15) is 5.10 Å². The molecule has 2 aromatic rings. The van der Waals surface area contributed by atoms with Gasteiger partial charge in [-0.3, -0.25) is 4.68 Å². The molecule has 0 fully saturated rings. The van der Waals surface area contributed by atoms with Crippen LogP contribution in [-0.2, 0) is 29.4 Å². The van der Waals surface area contributed by atoms with Gasteiger partial charge in [-0.25, -0.2) is 21.9 Å². The molecule has 1 heterocycles. The number of benzene rings is 1. The molecule has 8 heteroatoms. The number of fused-ring (bicyclic) bond motifs is 1. The van der Waals surface area contributed by atoms with Gasteiger partial charge in [0.2, 0.25) is 10.0 Å². The molecule has 23 heavy (non-hydrogen) atoms. The van der Waals surface area contributed by atoms with E-state index in [1.165, 1.54) is 5.56 Å². The number of hydrogen-bond acceptors (Lipinski definition) is 3. The molecular weight excluding hydrogens is 324 g/mol. The Kier molecular flexibility index (Phi) is 4.45. The molecule has 0 atom stereocenters. The number of hydrogen-bond donors (Lipinski definition) is 1. The second-order valence-electron chi connectivity index (χ2n) is 5.52. The summed E-state index contributed by atoms with van der Waals surface area (Å²) >= 11 is 0. The summed E-state index contributed by atoms with van der Waals surface area (Å²) < 4.78 is 54.4. The Morgan fingerprint density at radius 2 is 1.96 bits per heavy atom. The predicted molar refractivity (Wildman–Crippen MR) is 80.4 cm³/mol. The number of aryl methyl sites for hydroxylation is 1. The molecule has 5 nitrogen and oxygen atoms in total. The van der Waals surface area contributed by atoms with Gasteiger partial charge in [-0.15, -0.1) is 0 Å². The van der Waals surface area contributed by atoms with Crippen molar-refractivity contribution >= 4 is 10.0 Å².